The second-order valence-corrected chi connectivity index (χ2v) is 5.26. The summed E-state index contributed by atoms with van der Waals surface area (Å²) in [6, 6.07) is 10.1. The monoisotopic (exact) mass is 273 g/mol. The van der Waals surface area contributed by atoms with Crippen molar-refractivity contribution in [2.75, 3.05) is 17.7 Å². The molecule has 0 spiro atoms. The first-order valence-electron chi connectivity index (χ1n) is 6.28. The highest BCUT2D eigenvalue weighted by Gasteiger charge is 2.14. The molecule has 0 saturated carbocycles. The Balaban J connectivity index is 2.44. The Labute approximate surface area is 118 Å². The molecular formula is C15H19N3S. The average Bonchev–Trinajstić information content (AvgIpc) is 2.75. The molecule has 0 aliphatic rings. The van der Waals surface area contributed by atoms with Crippen LogP contribution in [0.1, 0.15) is 5.69 Å². The molecule has 0 amide bonds. The van der Waals surface area contributed by atoms with Gasteiger partial charge in [-0.2, -0.15) is 11.8 Å². The lowest BCUT2D eigenvalue weighted by atomic mass is 10.2. The smallest absolute Gasteiger partial charge is 0.142 e. The fraction of sp³-hybridized carbons (Fsp3) is 0.267. The van der Waals surface area contributed by atoms with Gasteiger partial charge in [-0.1, -0.05) is 36.4 Å². The molecule has 100 valence electrons. The number of nitrogens with zero attached hydrogens (tertiary/aromatic N) is 2. The van der Waals surface area contributed by atoms with Crippen LogP contribution in [0.25, 0.3) is 11.4 Å². The maximum absolute atomic E-state index is 6.21. The van der Waals surface area contributed by atoms with Crippen molar-refractivity contribution in [1.82, 2.24) is 9.55 Å². The average molecular weight is 273 g/mol. The van der Waals surface area contributed by atoms with Gasteiger partial charge in [0.2, 0.25) is 0 Å². The van der Waals surface area contributed by atoms with Gasteiger partial charge in [0, 0.05) is 18.5 Å². The van der Waals surface area contributed by atoms with Gasteiger partial charge in [-0.15, -0.1) is 6.58 Å². The minimum Gasteiger partial charge on any atom is -0.384 e. The van der Waals surface area contributed by atoms with E-state index in [0.717, 1.165) is 35.1 Å². The highest BCUT2D eigenvalue weighted by atomic mass is 32.2. The van der Waals surface area contributed by atoms with Crippen molar-refractivity contribution >= 4 is 17.6 Å². The molecule has 19 heavy (non-hydrogen) atoms. The van der Waals surface area contributed by atoms with Gasteiger partial charge in [-0.25, -0.2) is 4.98 Å². The summed E-state index contributed by atoms with van der Waals surface area (Å²) < 4.78 is 2.03. The Morgan fingerprint density at radius 3 is 2.74 bits per heavy atom. The second kappa shape index (κ2) is 6.48. The standard InChI is InChI=1S/C15H19N3S/c1-3-10-18-14(16)13(9-11-19-2)17-15(18)12-7-5-4-6-8-12/h3-8H,1,9-11,16H2,2H3. The molecule has 1 aromatic carbocycles. The fourth-order valence-corrected chi connectivity index (χ4v) is 2.42. The summed E-state index contributed by atoms with van der Waals surface area (Å²) in [6.07, 6.45) is 4.84. The van der Waals surface area contributed by atoms with E-state index in [2.05, 4.69) is 25.0 Å². The largest absolute Gasteiger partial charge is 0.384 e. The molecule has 0 unspecified atom stereocenters. The van der Waals surface area contributed by atoms with Crippen LogP contribution in [-0.2, 0) is 13.0 Å². The number of benzene rings is 1. The van der Waals surface area contributed by atoms with Gasteiger partial charge in [0.05, 0.1) is 5.69 Å². The van der Waals surface area contributed by atoms with Crippen molar-refractivity contribution in [1.29, 1.82) is 0 Å². The van der Waals surface area contributed by atoms with E-state index in [9.17, 15) is 0 Å². The second-order valence-electron chi connectivity index (χ2n) is 4.28. The topological polar surface area (TPSA) is 43.8 Å². The molecule has 0 saturated heterocycles. The first kappa shape index (κ1) is 13.7. The third-order valence-electron chi connectivity index (χ3n) is 2.97. The number of hydrogen-bond acceptors (Lipinski definition) is 3. The van der Waals surface area contributed by atoms with Crippen molar-refractivity contribution in [3.8, 4) is 11.4 Å². The lowest BCUT2D eigenvalue weighted by Gasteiger charge is -2.06. The number of anilines is 1. The van der Waals surface area contributed by atoms with Crippen LogP contribution >= 0.6 is 11.8 Å². The number of hydrogen-bond donors (Lipinski definition) is 1. The first-order valence-corrected chi connectivity index (χ1v) is 7.67. The van der Waals surface area contributed by atoms with Gasteiger partial charge in [-0.05, 0) is 12.0 Å². The first-order chi connectivity index (χ1) is 9.27. The lowest BCUT2D eigenvalue weighted by molar-refractivity contribution is 0.842. The van der Waals surface area contributed by atoms with Gasteiger partial charge in [-0.3, -0.25) is 0 Å². The molecule has 1 heterocycles. The summed E-state index contributed by atoms with van der Waals surface area (Å²) in [4.78, 5) is 4.71. The Morgan fingerprint density at radius 2 is 2.11 bits per heavy atom. The van der Waals surface area contributed by atoms with Gasteiger partial charge < -0.3 is 10.3 Å². The number of aromatic nitrogens is 2. The number of imidazole rings is 1. The fourth-order valence-electron chi connectivity index (χ4n) is 2.02. The van der Waals surface area contributed by atoms with Gasteiger partial charge in [0.15, 0.2) is 0 Å². The molecule has 3 nitrogen and oxygen atoms in total. The maximum Gasteiger partial charge on any atom is 0.142 e. The molecule has 2 rings (SSSR count). The van der Waals surface area contributed by atoms with E-state index in [1.165, 1.54) is 0 Å². The molecule has 0 aliphatic carbocycles. The van der Waals surface area contributed by atoms with E-state index in [-0.39, 0.29) is 0 Å². The molecule has 2 N–H and O–H groups in total. The summed E-state index contributed by atoms with van der Waals surface area (Å²) in [5.41, 5.74) is 8.28. The summed E-state index contributed by atoms with van der Waals surface area (Å²) in [5, 5.41) is 0. The number of nitrogens with two attached hydrogens (primary N) is 1. The van der Waals surface area contributed by atoms with E-state index in [0.29, 0.717) is 6.54 Å². The Morgan fingerprint density at radius 1 is 1.37 bits per heavy atom. The van der Waals surface area contributed by atoms with E-state index < -0.39 is 0 Å². The molecule has 0 fully saturated rings. The third kappa shape index (κ3) is 3.01. The van der Waals surface area contributed by atoms with Crippen LogP contribution in [0.5, 0.6) is 0 Å². The normalized spacial score (nSPS) is 10.6. The number of rotatable bonds is 6. The Kier molecular flexibility index (Phi) is 4.68. The summed E-state index contributed by atoms with van der Waals surface area (Å²) >= 11 is 1.80. The van der Waals surface area contributed by atoms with E-state index in [1.54, 1.807) is 11.8 Å². The predicted octanol–water partition coefficient (Wildman–Crippen LogP) is 3.22. The van der Waals surface area contributed by atoms with Crippen LogP contribution < -0.4 is 5.73 Å². The third-order valence-corrected chi connectivity index (χ3v) is 3.58. The molecule has 0 aliphatic heterocycles. The zero-order chi connectivity index (χ0) is 13.7. The summed E-state index contributed by atoms with van der Waals surface area (Å²) in [6.45, 7) is 4.48. The van der Waals surface area contributed by atoms with Gasteiger partial charge >= 0.3 is 0 Å². The summed E-state index contributed by atoms with van der Waals surface area (Å²) in [7, 11) is 0. The van der Waals surface area contributed by atoms with Crippen LogP contribution in [0, 0.1) is 0 Å². The SMILES string of the molecule is C=CCn1c(-c2ccccc2)nc(CCSC)c1N. The van der Waals surface area contributed by atoms with Crippen LogP contribution in [-0.4, -0.2) is 21.6 Å². The number of allylic oxidation sites excluding steroid dienone is 1. The molecule has 0 atom stereocenters. The van der Waals surface area contributed by atoms with Gasteiger partial charge in [0.1, 0.15) is 11.6 Å². The van der Waals surface area contributed by atoms with Crippen LogP contribution in [0.2, 0.25) is 0 Å². The van der Waals surface area contributed by atoms with E-state index in [4.69, 9.17) is 10.7 Å². The number of nitrogen functional groups attached to an aromatic ring is 1. The van der Waals surface area contributed by atoms with Crippen molar-refractivity contribution in [2.24, 2.45) is 0 Å². The van der Waals surface area contributed by atoms with Crippen LogP contribution in [0.3, 0.4) is 0 Å². The quantitative estimate of drug-likeness (QED) is 0.822. The Hall–Kier alpha value is -1.68. The highest BCUT2D eigenvalue weighted by Crippen LogP contribution is 2.25. The minimum absolute atomic E-state index is 0.683. The van der Waals surface area contributed by atoms with Crippen molar-refractivity contribution in [3.63, 3.8) is 0 Å². The van der Waals surface area contributed by atoms with Gasteiger partial charge in [0.25, 0.3) is 0 Å². The molecular weight excluding hydrogens is 254 g/mol. The number of thioether (sulfide) groups is 1. The predicted molar refractivity (Wildman–Crippen MR) is 84.4 cm³/mol. The maximum atomic E-state index is 6.21. The van der Waals surface area contributed by atoms with Crippen LogP contribution in [0.15, 0.2) is 43.0 Å². The zero-order valence-electron chi connectivity index (χ0n) is 11.2. The van der Waals surface area contributed by atoms with E-state index >= 15 is 0 Å². The van der Waals surface area contributed by atoms with E-state index in [1.807, 2.05) is 28.8 Å². The van der Waals surface area contributed by atoms with Crippen molar-refractivity contribution in [3.05, 3.63) is 48.7 Å². The van der Waals surface area contributed by atoms with Crippen molar-refractivity contribution < 1.29 is 0 Å². The molecule has 0 bridgehead atoms. The molecule has 2 aromatic rings. The van der Waals surface area contributed by atoms with Crippen molar-refractivity contribution in [2.45, 2.75) is 13.0 Å². The lowest BCUT2D eigenvalue weighted by Crippen LogP contribution is -2.04. The molecule has 4 heteroatoms. The Bertz CT molecular complexity index is 546. The highest BCUT2D eigenvalue weighted by molar-refractivity contribution is 7.98. The molecule has 0 radical (unpaired) electrons. The number of aryl methyl sites for hydroxylation is 1. The van der Waals surface area contributed by atoms with Crippen LogP contribution in [0.4, 0.5) is 5.82 Å². The zero-order valence-corrected chi connectivity index (χ0v) is 12.0. The molecule has 1 aromatic heterocycles. The minimum atomic E-state index is 0.683. The summed E-state index contributed by atoms with van der Waals surface area (Å²) in [5.74, 6) is 2.71.